The van der Waals surface area contributed by atoms with Crippen LogP contribution >= 0.6 is 0 Å². The topological polar surface area (TPSA) is 94.5 Å². The van der Waals surface area contributed by atoms with E-state index in [2.05, 4.69) is 46.4 Å². The Morgan fingerprint density at radius 3 is 2.57 bits per heavy atom. The van der Waals surface area contributed by atoms with Gasteiger partial charge in [-0.2, -0.15) is 0 Å². The Hall–Kier alpha value is -2.01. The fourth-order valence-electron chi connectivity index (χ4n) is 9.53. The third-order valence-electron chi connectivity index (χ3n) is 12.5. The van der Waals surface area contributed by atoms with Crippen LogP contribution in [-0.4, -0.2) is 74.4 Å². The van der Waals surface area contributed by atoms with E-state index in [1.54, 1.807) is 13.2 Å². The second-order valence-corrected chi connectivity index (χ2v) is 14.3. The van der Waals surface area contributed by atoms with Crippen LogP contribution in [0.25, 0.3) is 0 Å². The molecule has 1 aromatic rings. The lowest BCUT2D eigenvalue weighted by molar-refractivity contribution is -0.208. The van der Waals surface area contributed by atoms with Crippen molar-refractivity contribution in [1.82, 2.24) is 4.90 Å². The van der Waals surface area contributed by atoms with E-state index in [0.29, 0.717) is 18.4 Å². The number of benzene rings is 1. The van der Waals surface area contributed by atoms with Crippen molar-refractivity contribution in [2.45, 2.75) is 98.9 Å². The monoisotopic (exact) mass is 615 g/mol. The van der Waals surface area contributed by atoms with Gasteiger partial charge in [0.15, 0.2) is 18.2 Å². The molecule has 1 heterocycles. The summed E-state index contributed by atoms with van der Waals surface area (Å²) in [4.78, 5) is 30.6. The van der Waals surface area contributed by atoms with Gasteiger partial charge in [0.05, 0.1) is 12.7 Å². The molecule has 10 heteroatoms. The molecule has 44 heavy (non-hydrogen) atoms. The number of nitrogens with zero attached hydrogens (tertiary/aromatic N) is 1. The first-order valence-electron chi connectivity index (χ1n) is 16.6. The van der Waals surface area contributed by atoms with Gasteiger partial charge in [0.2, 0.25) is 0 Å². The Balaban J connectivity index is 1.47. The maximum absolute atomic E-state index is 15.2. The second-order valence-electron chi connectivity index (χ2n) is 14.3. The summed E-state index contributed by atoms with van der Waals surface area (Å²) in [6, 6.07) is 3.08. The first kappa shape index (κ1) is 33.4. The van der Waals surface area contributed by atoms with Crippen LogP contribution in [0.1, 0.15) is 85.6 Å². The fourth-order valence-corrected chi connectivity index (χ4v) is 9.53. The summed E-state index contributed by atoms with van der Waals surface area (Å²) in [5.41, 5.74) is -0.740. The molecule has 0 radical (unpaired) electrons. The summed E-state index contributed by atoms with van der Waals surface area (Å²) in [6.07, 6.45) is 4.26. The fraction of sp³-hybridized carbons (Fsp3) is 0.765. The second kappa shape index (κ2) is 12.7. The number of halogens is 1. The molecule has 244 valence electrons. The standard InChI is InChI=1S/C34H51BFNO7/c1-8-37(9-2)17-16-32(5)18-26(44-27(38)20-42-24-11-10-23-19-43-35(40)28(23)29(24)36)33(6)21(3)12-14-34(22(4)31(32)39)15-13-25(41-7)30(33)34/h10-11,21-22,25-26,30,40H,8-9,12-20H2,1-7H3/t21-,22+,25-,26-,30-,32-,33+,34+/m1/s1. The van der Waals surface area contributed by atoms with Gasteiger partial charge in [0.25, 0.3) is 0 Å². The number of hydrogen-bond donors (Lipinski definition) is 1. The Morgan fingerprint density at radius 2 is 1.89 bits per heavy atom. The predicted molar refractivity (Wildman–Crippen MR) is 166 cm³/mol. The Morgan fingerprint density at radius 1 is 1.18 bits per heavy atom. The molecule has 4 aliphatic rings. The van der Waals surface area contributed by atoms with E-state index < -0.39 is 42.4 Å². The van der Waals surface area contributed by atoms with Crippen LogP contribution in [0, 0.1) is 39.8 Å². The van der Waals surface area contributed by atoms with Crippen molar-refractivity contribution in [2.24, 2.45) is 34.0 Å². The molecule has 1 N–H and O–H groups in total. The van der Waals surface area contributed by atoms with Gasteiger partial charge in [0, 0.05) is 35.2 Å². The molecule has 3 aliphatic carbocycles. The highest BCUT2D eigenvalue weighted by Gasteiger charge is 2.68. The zero-order chi connectivity index (χ0) is 32.0. The van der Waals surface area contributed by atoms with Gasteiger partial charge in [-0.1, -0.05) is 47.6 Å². The number of Topliss-reactive ketones (excluding diaryl/α,β-unsaturated/α-hetero) is 1. The zero-order valence-corrected chi connectivity index (χ0v) is 27.6. The number of methoxy groups -OCH3 is 1. The molecule has 5 rings (SSSR count). The third-order valence-corrected chi connectivity index (χ3v) is 12.5. The van der Waals surface area contributed by atoms with Crippen molar-refractivity contribution >= 4 is 24.3 Å². The lowest BCUT2D eigenvalue weighted by Crippen LogP contribution is -2.63. The SMILES string of the molecule is CCN(CC)CC[C@]1(C)C[C@@H](OC(=O)COc2ccc3c(c2F)B(O)OC3)[C@]2(C)[C@H](C)CC[C@]3(CC[C@@H](OC)[C@@H]32)[C@@H](C)C1=O. The molecule has 8 atom stereocenters. The van der Waals surface area contributed by atoms with E-state index in [1.807, 2.05) is 0 Å². The number of hydrogen-bond acceptors (Lipinski definition) is 8. The van der Waals surface area contributed by atoms with E-state index in [4.69, 9.17) is 18.9 Å². The van der Waals surface area contributed by atoms with Crippen LogP contribution in [-0.2, 0) is 30.3 Å². The van der Waals surface area contributed by atoms with Crippen molar-refractivity contribution in [3.8, 4) is 5.75 Å². The van der Waals surface area contributed by atoms with Gasteiger partial charge >= 0.3 is 13.1 Å². The minimum atomic E-state index is -1.36. The normalized spacial score (nSPS) is 36.5. The van der Waals surface area contributed by atoms with Crippen LogP contribution in [0.5, 0.6) is 5.75 Å². The number of carbonyl (C=O) groups excluding carboxylic acids is 2. The third kappa shape index (κ3) is 5.41. The number of esters is 1. The number of ether oxygens (including phenoxy) is 3. The molecule has 2 bridgehead atoms. The Labute approximate surface area is 262 Å². The smallest absolute Gasteiger partial charge is 0.479 e. The van der Waals surface area contributed by atoms with E-state index in [1.165, 1.54) is 6.07 Å². The summed E-state index contributed by atoms with van der Waals surface area (Å²) >= 11 is 0. The van der Waals surface area contributed by atoms with Crippen LogP contribution in [0.2, 0.25) is 0 Å². The first-order valence-corrected chi connectivity index (χ1v) is 16.6. The maximum Gasteiger partial charge on any atom is 0.494 e. The lowest BCUT2D eigenvalue weighted by Gasteiger charge is -2.62. The zero-order valence-electron chi connectivity index (χ0n) is 27.6. The molecular formula is C34H51BFNO7. The summed E-state index contributed by atoms with van der Waals surface area (Å²) in [7, 11) is 0.395. The number of rotatable bonds is 10. The Kier molecular flexibility index (Phi) is 9.59. The minimum Gasteiger partial charge on any atom is -0.479 e. The molecule has 1 aromatic carbocycles. The summed E-state index contributed by atoms with van der Waals surface area (Å²) in [6.45, 7) is 15.2. The van der Waals surface area contributed by atoms with Crippen molar-refractivity contribution in [3.63, 3.8) is 0 Å². The average Bonchev–Trinajstić information content (AvgIpc) is 3.59. The van der Waals surface area contributed by atoms with E-state index in [9.17, 15) is 14.6 Å². The van der Waals surface area contributed by atoms with Crippen molar-refractivity contribution in [1.29, 1.82) is 0 Å². The van der Waals surface area contributed by atoms with Gasteiger partial charge in [-0.25, -0.2) is 9.18 Å². The Bertz CT molecular complexity index is 1240. The lowest BCUT2D eigenvalue weighted by atomic mass is 9.43. The van der Waals surface area contributed by atoms with E-state index in [-0.39, 0.29) is 52.9 Å². The van der Waals surface area contributed by atoms with Gasteiger partial charge < -0.3 is 28.8 Å². The highest BCUT2D eigenvalue weighted by molar-refractivity contribution is 6.61. The van der Waals surface area contributed by atoms with Crippen LogP contribution in [0.4, 0.5) is 4.39 Å². The average molecular weight is 616 g/mol. The molecule has 1 aliphatic heterocycles. The quantitative estimate of drug-likeness (QED) is 0.303. The largest absolute Gasteiger partial charge is 0.494 e. The molecule has 0 unspecified atom stereocenters. The van der Waals surface area contributed by atoms with Crippen molar-refractivity contribution in [2.75, 3.05) is 33.4 Å². The van der Waals surface area contributed by atoms with Crippen molar-refractivity contribution in [3.05, 3.63) is 23.5 Å². The van der Waals surface area contributed by atoms with Crippen molar-refractivity contribution < 1.29 is 37.9 Å². The maximum atomic E-state index is 15.2. The highest BCUT2D eigenvalue weighted by atomic mass is 19.1. The van der Waals surface area contributed by atoms with Gasteiger partial charge in [-0.05, 0) is 81.1 Å². The highest BCUT2D eigenvalue weighted by Crippen LogP contribution is 2.68. The summed E-state index contributed by atoms with van der Waals surface area (Å²) in [5.74, 6) is -1.04. The molecule has 0 aromatic heterocycles. The van der Waals surface area contributed by atoms with Crippen LogP contribution < -0.4 is 10.2 Å². The van der Waals surface area contributed by atoms with Crippen LogP contribution in [0.3, 0.4) is 0 Å². The number of ketones is 1. The number of carbonyl (C=O) groups is 2. The minimum absolute atomic E-state index is 0.0235. The van der Waals surface area contributed by atoms with E-state index in [0.717, 1.165) is 45.3 Å². The molecule has 3 fully saturated rings. The number of fused-ring (bicyclic) bond motifs is 1. The first-order chi connectivity index (χ1) is 20.9. The molecule has 0 amide bonds. The van der Waals surface area contributed by atoms with Gasteiger partial charge in [-0.3, -0.25) is 4.79 Å². The molecule has 3 saturated carbocycles. The van der Waals surface area contributed by atoms with Gasteiger partial charge in [0.1, 0.15) is 11.9 Å². The van der Waals surface area contributed by atoms with E-state index >= 15 is 4.39 Å². The summed E-state index contributed by atoms with van der Waals surface area (Å²) < 4.78 is 38.5. The predicted octanol–water partition coefficient (Wildman–Crippen LogP) is 4.53. The molecule has 8 nitrogen and oxygen atoms in total. The van der Waals surface area contributed by atoms with Crippen LogP contribution in [0.15, 0.2) is 12.1 Å². The molecule has 0 saturated heterocycles. The van der Waals surface area contributed by atoms with Gasteiger partial charge in [-0.15, -0.1) is 0 Å². The molecular weight excluding hydrogens is 564 g/mol. The molecule has 0 spiro atoms. The summed E-state index contributed by atoms with van der Waals surface area (Å²) in [5, 5.41) is 10.0.